The van der Waals surface area contributed by atoms with Gasteiger partial charge in [-0.1, -0.05) is 34.9 Å². The summed E-state index contributed by atoms with van der Waals surface area (Å²) in [6.45, 7) is 12.6. The Morgan fingerprint density at radius 1 is 1.13 bits per heavy atom. The highest BCUT2D eigenvalue weighted by Crippen LogP contribution is 2.13. The molecule has 0 radical (unpaired) electrons. The number of allylic oxidation sites excluding steroid dienone is 6. The molecule has 2 N–H and O–H groups in total. The molecule has 0 aromatic rings. The summed E-state index contributed by atoms with van der Waals surface area (Å²) in [5.74, 6) is 1.74. The maximum absolute atomic E-state index is 12.1. The van der Waals surface area contributed by atoms with E-state index in [1.54, 1.807) is 6.08 Å². The van der Waals surface area contributed by atoms with Gasteiger partial charge in [-0.3, -0.25) is 9.59 Å². The number of nitrogens with one attached hydrogen (secondary N) is 2. The maximum atomic E-state index is 12.1. The predicted molar refractivity (Wildman–Crippen MR) is 131 cm³/mol. The number of carbonyl (C=O) groups excluding carboxylic acids is 2. The van der Waals surface area contributed by atoms with Gasteiger partial charge >= 0.3 is 0 Å². The molecule has 5 heteroatoms. The number of hydrogen-bond acceptors (Lipinski definition) is 4. The molecular formula is C25H40N2O2S. The van der Waals surface area contributed by atoms with E-state index in [0.717, 1.165) is 42.9 Å². The molecule has 30 heavy (non-hydrogen) atoms. The Hall–Kier alpha value is -1.75. The van der Waals surface area contributed by atoms with Gasteiger partial charge < -0.3 is 10.6 Å². The molecule has 0 aromatic heterocycles. The first-order valence-electron chi connectivity index (χ1n) is 11.0. The predicted octanol–water partition coefficient (Wildman–Crippen LogP) is 5.48. The standard InChI is InChI=1S/C25H40N2O2S/c1-18(2)9-7-10-19(3)11-8-12-20(4)13-14-30-17-22(6)27-25(29)16-23-24(28)15-21(5)26-23/h9,11,13,15,22-23,26H,7-8,10,12,14,16-17H2,1-6H3,(H,27,29)/b19-11+,20-13+. The molecule has 1 rings (SSSR count). The average Bonchev–Trinajstić information content (AvgIpc) is 2.95. The largest absolute Gasteiger partial charge is 0.378 e. The van der Waals surface area contributed by atoms with Crippen LogP contribution >= 0.6 is 11.8 Å². The molecule has 1 aliphatic heterocycles. The number of ketones is 1. The quantitative estimate of drug-likeness (QED) is 0.299. The van der Waals surface area contributed by atoms with E-state index in [-0.39, 0.29) is 24.2 Å². The van der Waals surface area contributed by atoms with E-state index in [2.05, 4.69) is 56.6 Å². The van der Waals surface area contributed by atoms with E-state index in [0.29, 0.717) is 0 Å². The fourth-order valence-corrected chi connectivity index (χ4v) is 4.17. The molecule has 2 atom stereocenters. The maximum Gasteiger partial charge on any atom is 0.222 e. The second kappa shape index (κ2) is 14.3. The van der Waals surface area contributed by atoms with E-state index < -0.39 is 6.04 Å². The second-order valence-electron chi connectivity index (χ2n) is 8.60. The summed E-state index contributed by atoms with van der Waals surface area (Å²) in [5.41, 5.74) is 5.11. The third-order valence-corrected chi connectivity index (χ3v) is 6.08. The van der Waals surface area contributed by atoms with Crippen molar-refractivity contribution < 1.29 is 9.59 Å². The molecule has 0 bridgehead atoms. The van der Waals surface area contributed by atoms with E-state index in [1.807, 2.05) is 25.6 Å². The van der Waals surface area contributed by atoms with Crippen molar-refractivity contribution in [3.63, 3.8) is 0 Å². The molecule has 1 heterocycles. The Bertz CT molecular complexity index is 700. The van der Waals surface area contributed by atoms with Gasteiger partial charge in [-0.15, -0.1) is 0 Å². The Morgan fingerprint density at radius 3 is 2.37 bits per heavy atom. The molecule has 0 aliphatic carbocycles. The van der Waals surface area contributed by atoms with Gasteiger partial charge in [0.15, 0.2) is 5.78 Å². The summed E-state index contributed by atoms with van der Waals surface area (Å²) in [6.07, 6.45) is 13.2. The van der Waals surface area contributed by atoms with Crippen LogP contribution in [-0.2, 0) is 9.59 Å². The zero-order chi connectivity index (χ0) is 22.5. The lowest BCUT2D eigenvalue weighted by molar-refractivity contribution is -0.125. The first kappa shape index (κ1) is 26.3. The van der Waals surface area contributed by atoms with Crippen molar-refractivity contribution in [3.8, 4) is 0 Å². The highest BCUT2D eigenvalue weighted by molar-refractivity contribution is 7.99. The van der Waals surface area contributed by atoms with Crippen LogP contribution in [0.5, 0.6) is 0 Å². The molecule has 0 saturated heterocycles. The fraction of sp³-hybridized carbons (Fsp3) is 0.600. The Balaban J connectivity index is 2.17. The number of thioether (sulfide) groups is 1. The molecule has 168 valence electrons. The molecule has 1 amide bonds. The minimum absolute atomic E-state index is 0.0109. The number of rotatable bonds is 13. The van der Waals surface area contributed by atoms with Crippen LogP contribution in [0.2, 0.25) is 0 Å². The van der Waals surface area contributed by atoms with Crippen LogP contribution in [-0.4, -0.2) is 35.3 Å². The molecule has 0 aromatic carbocycles. The van der Waals surface area contributed by atoms with Gasteiger partial charge in [0.1, 0.15) is 0 Å². The molecule has 0 fully saturated rings. The molecular weight excluding hydrogens is 392 g/mol. The normalized spacial score (nSPS) is 18.0. The molecule has 2 unspecified atom stereocenters. The zero-order valence-corrected chi connectivity index (χ0v) is 20.5. The minimum Gasteiger partial charge on any atom is -0.378 e. The van der Waals surface area contributed by atoms with Crippen LogP contribution in [0.15, 0.2) is 46.7 Å². The molecule has 4 nitrogen and oxygen atoms in total. The van der Waals surface area contributed by atoms with Crippen molar-refractivity contribution in [1.82, 2.24) is 10.6 Å². The van der Waals surface area contributed by atoms with Gasteiger partial charge in [0, 0.05) is 29.3 Å². The van der Waals surface area contributed by atoms with Crippen LogP contribution in [0.4, 0.5) is 0 Å². The molecule has 1 aliphatic rings. The third kappa shape index (κ3) is 12.1. The first-order valence-corrected chi connectivity index (χ1v) is 12.1. The van der Waals surface area contributed by atoms with Gasteiger partial charge in [-0.05, 0) is 67.2 Å². The van der Waals surface area contributed by atoms with Crippen molar-refractivity contribution in [2.75, 3.05) is 11.5 Å². The highest BCUT2D eigenvalue weighted by Gasteiger charge is 2.25. The van der Waals surface area contributed by atoms with Crippen LogP contribution in [0, 0.1) is 0 Å². The van der Waals surface area contributed by atoms with Crippen molar-refractivity contribution in [2.24, 2.45) is 0 Å². The van der Waals surface area contributed by atoms with Crippen LogP contribution < -0.4 is 10.6 Å². The lowest BCUT2D eigenvalue weighted by Gasteiger charge is -2.16. The summed E-state index contributed by atoms with van der Waals surface area (Å²) in [7, 11) is 0. The topological polar surface area (TPSA) is 58.2 Å². The average molecular weight is 433 g/mol. The van der Waals surface area contributed by atoms with Crippen molar-refractivity contribution in [1.29, 1.82) is 0 Å². The van der Waals surface area contributed by atoms with Gasteiger partial charge in [0.25, 0.3) is 0 Å². The monoisotopic (exact) mass is 432 g/mol. The SMILES string of the molecule is CC(C)=CCC/C(C)=C/CC/C(C)=C/CSCC(C)NC(=O)CC1NC(C)=CC1=O. The van der Waals surface area contributed by atoms with Crippen molar-refractivity contribution in [2.45, 2.75) is 85.7 Å². The lowest BCUT2D eigenvalue weighted by Crippen LogP contribution is -2.40. The summed E-state index contributed by atoms with van der Waals surface area (Å²) in [5, 5.41) is 6.03. The Kier molecular flexibility index (Phi) is 12.5. The van der Waals surface area contributed by atoms with Gasteiger partial charge in [-0.25, -0.2) is 0 Å². The first-order chi connectivity index (χ1) is 14.2. The van der Waals surface area contributed by atoms with Crippen LogP contribution in [0.25, 0.3) is 0 Å². The number of carbonyl (C=O) groups is 2. The van der Waals surface area contributed by atoms with Gasteiger partial charge in [0.2, 0.25) is 5.91 Å². The number of amides is 1. The van der Waals surface area contributed by atoms with E-state index in [1.165, 1.54) is 16.7 Å². The van der Waals surface area contributed by atoms with E-state index in [9.17, 15) is 9.59 Å². The van der Waals surface area contributed by atoms with Gasteiger partial charge in [-0.2, -0.15) is 11.8 Å². The van der Waals surface area contributed by atoms with Crippen LogP contribution in [0.1, 0.15) is 73.6 Å². The smallest absolute Gasteiger partial charge is 0.222 e. The lowest BCUT2D eigenvalue weighted by atomic mass is 10.1. The summed E-state index contributed by atoms with van der Waals surface area (Å²) >= 11 is 1.82. The van der Waals surface area contributed by atoms with Crippen molar-refractivity contribution in [3.05, 3.63) is 46.7 Å². The molecule has 0 saturated carbocycles. The van der Waals surface area contributed by atoms with Crippen molar-refractivity contribution >= 4 is 23.5 Å². The summed E-state index contributed by atoms with van der Waals surface area (Å²) in [4.78, 5) is 23.8. The summed E-state index contributed by atoms with van der Waals surface area (Å²) in [6, 6.07) is -0.312. The fourth-order valence-electron chi connectivity index (χ4n) is 3.20. The minimum atomic E-state index is -0.402. The Morgan fingerprint density at radius 2 is 1.77 bits per heavy atom. The van der Waals surface area contributed by atoms with Crippen LogP contribution in [0.3, 0.4) is 0 Å². The second-order valence-corrected chi connectivity index (χ2v) is 9.67. The van der Waals surface area contributed by atoms with Gasteiger partial charge in [0.05, 0.1) is 12.5 Å². The summed E-state index contributed by atoms with van der Waals surface area (Å²) < 4.78 is 0. The molecule has 0 spiro atoms. The Labute approximate surface area is 187 Å². The third-order valence-electron chi connectivity index (χ3n) is 4.94. The zero-order valence-electron chi connectivity index (χ0n) is 19.6. The van der Waals surface area contributed by atoms with E-state index in [4.69, 9.17) is 0 Å². The number of hydrogen-bond donors (Lipinski definition) is 2. The van der Waals surface area contributed by atoms with E-state index >= 15 is 0 Å². The highest BCUT2D eigenvalue weighted by atomic mass is 32.2.